The molecule has 0 bridgehead atoms. The number of allylic oxidation sites excluding steroid dienone is 2. The number of esters is 2. The van der Waals surface area contributed by atoms with Crippen LogP contribution in [0.25, 0.3) is 0 Å². The number of thioether (sulfide) groups is 1. The molecule has 180 valence electrons. The van der Waals surface area contributed by atoms with Gasteiger partial charge in [-0.2, -0.15) is 0 Å². The molecule has 3 N–H and O–H groups in total. The minimum Gasteiger partial charge on any atom is -0.496 e. The summed E-state index contributed by atoms with van der Waals surface area (Å²) in [5, 5.41) is 2.58. The van der Waals surface area contributed by atoms with Gasteiger partial charge in [-0.25, -0.2) is 9.59 Å². The molecule has 2 aliphatic rings. The summed E-state index contributed by atoms with van der Waals surface area (Å²) in [5.41, 5.74) is 9.07. The van der Waals surface area contributed by atoms with Crippen LogP contribution >= 0.6 is 11.8 Å². The third-order valence-corrected chi connectivity index (χ3v) is 6.82. The number of ether oxygens (including phenoxy) is 3. The number of fused-ring (bicyclic) bond motifs is 1. The molecule has 3 rings (SSSR count). The first-order valence-corrected chi connectivity index (χ1v) is 12.0. The van der Waals surface area contributed by atoms with Gasteiger partial charge in [0.1, 0.15) is 19.0 Å². The van der Waals surface area contributed by atoms with Crippen molar-refractivity contribution in [2.24, 2.45) is 5.73 Å². The van der Waals surface area contributed by atoms with E-state index in [2.05, 4.69) is 10.2 Å². The van der Waals surface area contributed by atoms with Gasteiger partial charge < -0.3 is 25.3 Å². The first kappa shape index (κ1) is 24.9. The lowest BCUT2D eigenvalue weighted by Crippen LogP contribution is -2.25. The Hall–Kier alpha value is -2.72. The summed E-state index contributed by atoms with van der Waals surface area (Å²) in [6, 6.07) is -0.778. The first-order chi connectivity index (χ1) is 15.8. The average molecular weight is 478 g/mol. The molecule has 1 saturated heterocycles. The van der Waals surface area contributed by atoms with Crippen LogP contribution in [0, 0.1) is 6.92 Å². The van der Waals surface area contributed by atoms with E-state index in [-0.39, 0.29) is 19.0 Å². The third kappa shape index (κ3) is 6.20. The number of anilines is 1. The maximum absolute atomic E-state index is 12.3. The minimum absolute atomic E-state index is 0.123. The van der Waals surface area contributed by atoms with Crippen LogP contribution in [0.2, 0.25) is 0 Å². The number of urea groups is 1. The van der Waals surface area contributed by atoms with Gasteiger partial charge in [-0.15, -0.1) is 11.8 Å². The van der Waals surface area contributed by atoms with Crippen LogP contribution in [-0.4, -0.2) is 61.3 Å². The molecule has 0 saturated carbocycles. The van der Waals surface area contributed by atoms with E-state index in [9.17, 15) is 14.4 Å². The zero-order valence-electron chi connectivity index (χ0n) is 19.3. The largest absolute Gasteiger partial charge is 0.496 e. The van der Waals surface area contributed by atoms with Crippen molar-refractivity contribution in [3.05, 3.63) is 33.9 Å². The molecule has 2 amide bonds. The second-order valence-electron chi connectivity index (χ2n) is 8.06. The van der Waals surface area contributed by atoms with E-state index in [0.29, 0.717) is 47.6 Å². The molecule has 0 radical (unpaired) electrons. The van der Waals surface area contributed by atoms with Crippen molar-refractivity contribution < 1.29 is 28.6 Å². The summed E-state index contributed by atoms with van der Waals surface area (Å²) in [6.45, 7) is 6.12. The molecule has 1 aromatic rings. The van der Waals surface area contributed by atoms with Crippen LogP contribution < -0.4 is 15.8 Å². The Morgan fingerprint density at radius 1 is 1.33 bits per heavy atom. The second-order valence-corrected chi connectivity index (χ2v) is 9.14. The standard InChI is InChI=1S/C23H31N3O6S/c1-14(5-7-18(27)31-10-8-26-9-11-33-13-26)4-6-16-20(25-23(24)29)19-17(12-32-22(19)28)15(2)21(16)30-3/h4H,5-13H2,1-3H3,(H3,24,25,29)/b14-4+. The number of nitrogens with one attached hydrogen (secondary N) is 1. The van der Waals surface area contributed by atoms with E-state index < -0.39 is 12.0 Å². The highest BCUT2D eigenvalue weighted by atomic mass is 32.2. The molecule has 9 nitrogen and oxygen atoms in total. The topological polar surface area (TPSA) is 120 Å². The molecular weight excluding hydrogens is 446 g/mol. The highest BCUT2D eigenvalue weighted by Crippen LogP contribution is 2.41. The number of primary amides is 1. The smallest absolute Gasteiger partial charge is 0.341 e. The van der Waals surface area contributed by atoms with Crippen molar-refractivity contribution in [1.82, 2.24) is 4.90 Å². The molecule has 2 aliphatic heterocycles. The first-order valence-electron chi connectivity index (χ1n) is 10.9. The van der Waals surface area contributed by atoms with Crippen LogP contribution in [0.15, 0.2) is 11.6 Å². The fourth-order valence-corrected chi connectivity index (χ4v) is 5.01. The predicted molar refractivity (Wildman–Crippen MR) is 127 cm³/mol. The number of nitrogens with zero attached hydrogens (tertiary/aromatic N) is 1. The molecule has 2 heterocycles. The lowest BCUT2D eigenvalue weighted by atomic mass is 9.93. The molecule has 1 aromatic carbocycles. The summed E-state index contributed by atoms with van der Waals surface area (Å²) < 4.78 is 16.1. The number of nitrogens with two attached hydrogens (primary N) is 1. The Bertz CT molecular complexity index is 956. The Morgan fingerprint density at radius 3 is 2.79 bits per heavy atom. The molecule has 10 heteroatoms. The van der Waals surface area contributed by atoms with Crippen LogP contribution in [0.1, 0.15) is 46.8 Å². The fourth-order valence-electron chi connectivity index (χ4n) is 3.98. The highest BCUT2D eigenvalue weighted by molar-refractivity contribution is 7.99. The van der Waals surface area contributed by atoms with Crippen LogP contribution in [-0.2, 0) is 27.3 Å². The van der Waals surface area contributed by atoms with Crippen molar-refractivity contribution >= 4 is 35.4 Å². The van der Waals surface area contributed by atoms with E-state index in [1.54, 1.807) is 0 Å². The van der Waals surface area contributed by atoms with Crippen molar-refractivity contribution in [3.8, 4) is 5.75 Å². The molecule has 0 spiro atoms. The molecule has 1 fully saturated rings. The normalized spacial score (nSPS) is 15.8. The fraction of sp³-hybridized carbons (Fsp3) is 0.522. The maximum Gasteiger partial charge on any atom is 0.341 e. The number of rotatable bonds is 10. The second kappa shape index (κ2) is 11.4. The van der Waals surface area contributed by atoms with Gasteiger partial charge in [0.25, 0.3) is 0 Å². The van der Waals surface area contributed by atoms with Crippen molar-refractivity contribution in [2.75, 3.05) is 43.8 Å². The number of methoxy groups -OCH3 is 1. The van der Waals surface area contributed by atoms with E-state index >= 15 is 0 Å². The van der Waals surface area contributed by atoms with Crippen LogP contribution in [0.5, 0.6) is 5.75 Å². The lowest BCUT2D eigenvalue weighted by molar-refractivity contribution is -0.143. The molecule has 0 unspecified atom stereocenters. The van der Waals surface area contributed by atoms with Crippen molar-refractivity contribution in [1.29, 1.82) is 0 Å². The van der Waals surface area contributed by atoms with E-state index in [0.717, 1.165) is 35.9 Å². The molecule has 0 atom stereocenters. The number of benzene rings is 1. The van der Waals surface area contributed by atoms with Gasteiger partial charge in [-0.1, -0.05) is 11.6 Å². The van der Waals surface area contributed by atoms with Gasteiger partial charge in [0.15, 0.2) is 0 Å². The number of cyclic esters (lactones) is 1. The van der Waals surface area contributed by atoms with Gasteiger partial charge >= 0.3 is 18.0 Å². The molecule has 0 aliphatic carbocycles. The average Bonchev–Trinajstić information content (AvgIpc) is 3.42. The summed E-state index contributed by atoms with van der Waals surface area (Å²) in [7, 11) is 1.54. The summed E-state index contributed by atoms with van der Waals surface area (Å²) in [6.07, 6.45) is 3.17. The van der Waals surface area contributed by atoms with Crippen LogP contribution in [0.3, 0.4) is 0 Å². The highest BCUT2D eigenvalue weighted by Gasteiger charge is 2.32. The Kier molecular flexibility index (Phi) is 8.62. The van der Waals surface area contributed by atoms with Gasteiger partial charge in [-0.05, 0) is 32.3 Å². The molecule has 0 aromatic heterocycles. The number of carbonyl (C=O) groups is 3. The number of hydrogen-bond acceptors (Lipinski definition) is 8. The van der Waals surface area contributed by atoms with Gasteiger partial charge in [-0.3, -0.25) is 9.69 Å². The summed E-state index contributed by atoms with van der Waals surface area (Å²) in [5.74, 6) is 1.97. The van der Waals surface area contributed by atoms with Crippen LogP contribution in [0.4, 0.5) is 10.5 Å². The number of hydrogen-bond donors (Lipinski definition) is 2. The zero-order valence-corrected chi connectivity index (χ0v) is 20.1. The quantitative estimate of drug-likeness (QED) is 0.390. The Morgan fingerprint density at radius 2 is 2.12 bits per heavy atom. The predicted octanol–water partition coefficient (Wildman–Crippen LogP) is 2.98. The van der Waals surface area contributed by atoms with Gasteiger partial charge in [0.05, 0.1) is 18.4 Å². The Labute approximate surface area is 198 Å². The van der Waals surface area contributed by atoms with Crippen molar-refractivity contribution in [2.45, 2.75) is 39.7 Å². The molecule has 33 heavy (non-hydrogen) atoms. The van der Waals surface area contributed by atoms with E-state index in [1.165, 1.54) is 7.11 Å². The minimum atomic E-state index is -0.778. The van der Waals surface area contributed by atoms with Gasteiger partial charge in [0, 0.05) is 42.3 Å². The van der Waals surface area contributed by atoms with E-state index in [1.807, 2.05) is 31.7 Å². The SMILES string of the molecule is COc1c(C)c2c(c(NC(N)=O)c1C/C=C(\C)CCC(=O)OCCN1CCSC1)C(=O)OC2. The third-order valence-electron chi connectivity index (χ3n) is 5.80. The lowest BCUT2D eigenvalue weighted by Gasteiger charge is -2.19. The van der Waals surface area contributed by atoms with E-state index in [4.69, 9.17) is 19.9 Å². The Balaban J connectivity index is 1.66. The number of amides is 2. The van der Waals surface area contributed by atoms with Gasteiger partial charge in [0.2, 0.25) is 0 Å². The van der Waals surface area contributed by atoms with Crippen molar-refractivity contribution in [3.63, 3.8) is 0 Å². The molecular formula is C23H31N3O6S. The number of carbonyl (C=O) groups excluding carboxylic acids is 3. The maximum atomic E-state index is 12.3. The monoisotopic (exact) mass is 477 g/mol. The summed E-state index contributed by atoms with van der Waals surface area (Å²) in [4.78, 5) is 38.3. The zero-order chi connectivity index (χ0) is 24.0. The summed E-state index contributed by atoms with van der Waals surface area (Å²) >= 11 is 1.89.